The van der Waals surface area contributed by atoms with Crippen molar-refractivity contribution in [2.24, 2.45) is 0 Å². The van der Waals surface area contributed by atoms with Crippen molar-refractivity contribution in [2.45, 2.75) is 18.9 Å². The van der Waals surface area contributed by atoms with Gasteiger partial charge in [-0.1, -0.05) is 15.9 Å². The fourth-order valence-corrected chi connectivity index (χ4v) is 4.74. The molecule has 5 nitrogen and oxygen atoms in total. The lowest BCUT2D eigenvalue weighted by Crippen LogP contribution is -2.47. The van der Waals surface area contributed by atoms with E-state index in [1.165, 1.54) is 7.11 Å². The zero-order valence-electron chi connectivity index (χ0n) is 11.3. The van der Waals surface area contributed by atoms with E-state index >= 15 is 0 Å². The van der Waals surface area contributed by atoms with Gasteiger partial charge in [-0.2, -0.15) is 0 Å². The second-order valence-electron chi connectivity index (χ2n) is 5.20. The van der Waals surface area contributed by atoms with Crippen LogP contribution in [-0.2, 0) is 9.84 Å². The number of benzene rings is 1. The highest BCUT2D eigenvalue weighted by molar-refractivity contribution is 9.10. The Bertz CT molecular complexity index is 644. The molecule has 0 radical (unpaired) electrons. The molecule has 0 aliphatic carbocycles. The van der Waals surface area contributed by atoms with E-state index < -0.39 is 15.4 Å². The Hall–Kier alpha value is -1.08. The quantitative estimate of drug-likeness (QED) is 0.890. The lowest BCUT2D eigenvalue weighted by molar-refractivity contribution is 0.0912. The summed E-state index contributed by atoms with van der Waals surface area (Å²) in [4.78, 5) is 12.3. The minimum Gasteiger partial charge on any atom is -0.496 e. The average Bonchev–Trinajstić information content (AvgIpc) is 2.62. The van der Waals surface area contributed by atoms with Crippen molar-refractivity contribution in [3.05, 3.63) is 28.2 Å². The van der Waals surface area contributed by atoms with Crippen molar-refractivity contribution in [3.8, 4) is 5.75 Å². The first-order valence-corrected chi connectivity index (χ1v) is 8.73. The van der Waals surface area contributed by atoms with Crippen LogP contribution < -0.4 is 10.1 Å². The van der Waals surface area contributed by atoms with Crippen LogP contribution in [0.2, 0.25) is 0 Å². The summed E-state index contributed by atoms with van der Waals surface area (Å²) in [6.45, 7) is 1.75. The zero-order chi connectivity index (χ0) is 15.0. The van der Waals surface area contributed by atoms with Crippen LogP contribution in [0.15, 0.2) is 22.7 Å². The van der Waals surface area contributed by atoms with Crippen molar-refractivity contribution in [2.75, 3.05) is 18.6 Å². The van der Waals surface area contributed by atoms with Crippen LogP contribution in [0.3, 0.4) is 0 Å². The van der Waals surface area contributed by atoms with Gasteiger partial charge in [0.1, 0.15) is 5.75 Å². The third kappa shape index (κ3) is 3.32. The predicted octanol–water partition coefficient (Wildman–Crippen LogP) is 1.76. The Labute approximate surface area is 126 Å². The van der Waals surface area contributed by atoms with Gasteiger partial charge >= 0.3 is 0 Å². The molecule has 1 N–H and O–H groups in total. The molecule has 7 heteroatoms. The van der Waals surface area contributed by atoms with Gasteiger partial charge in [0.05, 0.1) is 29.7 Å². The molecule has 0 spiro atoms. The minimum absolute atomic E-state index is 0.0232. The number of sulfone groups is 1. The van der Waals surface area contributed by atoms with Crippen molar-refractivity contribution in [1.29, 1.82) is 0 Å². The molecule has 0 aromatic heterocycles. The molecule has 1 fully saturated rings. The van der Waals surface area contributed by atoms with Crippen LogP contribution in [-0.4, -0.2) is 38.5 Å². The van der Waals surface area contributed by atoms with E-state index in [0.29, 0.717) is 17.7 Å². The van der Waals surface area contributed by atoms with Gasteiger partial charge in [0.15, 0.2) is 9.84 Å². The van der Waals surface area contributed by atoms with Gasteiger partial charge in [0.25, 0.3) is 5.91 Å². The third-order valence-electron chi connectivity index (χ3n) is 3.33. The summed E-state index contributed by atoms with van der Waals surface area (Å²) in [6.07, 6.45) is 0.430. The smallest absolute Gasteiger partial charge is 0.255 e. The molecule has 1 unspecified atom stereocenters. The van der Waals surface area contributed by atoms with Gasteiger partial charge in [0.2, 0.25) is 0 Å². The third-order valence-corrected chi connectivity index (χ3v) is 5.72. The SMILES string of the molecule is COc1cc(Br)ccc1C(=O)NC1(C)CCS(=O)(=O)C1. The Kier molecular flexibility index (Phi) is 4.11. The van der Waals surface area contributed by atoms with Gasteiger partial charge in [-0.3, -0.25) is 4.79 Å². The predicted molar refractivity (Wildman–Crippen MR) is 79.8 cm³/mol. The Balaban J connectivity index is 2.21. The van der Waals surface area contributed by atoms with Crippen LogP contribution in [0, 0.1) is 0 Å². The van der Waals surface area contributed by atoms with E-state index in [1.807, 2.05) is 0 Å². The summed E-state index contributed by atoms with van der Waals surface area (Å²) in [5.41, 5.74) is -0.324. The van der Waals surface area contributed by atoms with Gasteiger partial charge < -0.3 is 10.1 Å². The number of carbonyl (C=O) groups excluding carboxylic acids is 1. The van der Waals surface area contributed by atoms with Gasteiger partial charge in [-0.05, 0) is 31.5 Å². The van der Waals surface area contributed by atoms with Crippen molar-refractivity contribution in [3.63, 3.8) is 0 Å². The molecule has 0 saturated carbocycles. The number of methoxy groups -OCH3 is 1. The molecular formula is C13H16BrNO4S. The molecule has 1 aromatic carbocycles. The fraction of sp³-hybridized carbons (Fsp3) is 0.462. The molecule has 1 heterocycles. The highest BCUT2D eigenvalue weighted by atomic mass is 79.9. The first-order chi connectivity index (χ1) is 9.25. The van der Waals surface area contributed by atoms with Crippen LogP contribution >= 0.6 is 15.9 Å². The number of amides is 1. The molecule has 1 aliphatic heterocycles. The fourth-order valence-electron chi connectivity index (χ4n) is 2.30. The van der Waals surface area contributed by atoms with Crippen LogP contribution in [0.4, 0.5) is 0 Å². The van der Waals surface area contributed by atoms with E-state index in [4.69, 9.17) is 4.74 Å². The summed E-state index contributed by atoms with van der Waals surface area (Å²) in [6, 6.07) is 5.08. The maximum Gasteiger partial charge on any atom is 0.255 e. The molecule has 1 saturated heterocycles. The molecule has 110 valence electrons. The number of nitrogens with one attached hydrogen (secondary N) is 1. The second kappa shape index (κ2) is 5.37. The van der Waals surface area contributed by atoms with Crippen molar-refractivity contribution >= 4 is 31.7 Å². The van der Waals surface area contributed by atoms with E-state index in [-0.39, 0.29) is 17.4 Å². The van der Waals surface area contributed by atoms with Crippen LogP contribution in [0.5, 0.6) is 5.75 Å². The summed E-state index contributed by atoms with van der Waals surface area (Å²) < 4.78 is 29.1. The van der Waals surface area contributed by atoms with E-state index in [0.717, 1.165) is 4.47 Å². The summed E-state index contributed by atoms with van der Waals surface area (Å²) in [5.74, 6) is 0.210. The van der Waals surface area contributed by atoms with E-state index in [2.05, 4.69) is 21.2 Å². The van der Waals surface area contributed by atoms with E-state index in [1.54, 1.807) is 25.1 Å². The molecule has 2 rings (SSSR count). The largest absolute Gasteiger partial charge is 0.496 e. The summed E-state index contributed by atoms with van der Waals surface area (Å²) in [7, 11) is -1.57. The molecule has 20 heavy (non-hydrogen) atoms. The monoisotopic (exact) mass is 361 g/mol. The maximum absolute atomic E-state index is 12.3. The van der Waals surface area contributed by atoms with Gasteiger partial charge in [-0.15, -0.1) is 0 Å². The van der Waals surface area contributed by atoms with Gasteiger partial charge in [0, 0.05) is 4.47 Å². The lowest BCUT2D eigenvalue weighted by atomic mass is 10.0. The highest BCUT2D eigenvalue weighted by Crippen LogP contribution is 2.26. The number of carbonyl (C=O) groups is 1. The van der Waals surface area contributed by atoms with Crippen molar-refractivity contribution < 1.29 is 17.9 Å². The van der Waals surface area contributed by atoms with E-state index in [9.17, 15) is 13.2 Å². The molecule has 1 aliphatic rings. The molecule has 1 atom stereocenters. The van der Waals surface area contributed by atoms with Crippen molar-refractivity contribution in [1.82, 2.24) is 5.32 Å². The lowest BCUT2D eigenvalue weighted by Gasteiger charge is -2.24. The first kappa shape index (κ1) is 15.3. The number of hydrogen-bond donors (Lipinski definition) is 1. The normalized spacial score (nSPS) is 24.4. The van der Waals surface area contributed by atoms with Crippen LogP contribution in [0.25, 0.3) is 0 Å². The van der Waals surface area contributed by atoms with Crippen LogP contribution in [0.1, 0.15) is 23.7 Å². The Morgan fingerprint density at radius 2 is 2.15 bits per heavy atom. The molecular weight excluding hydrogens is 346 g/mol. The Morgan fingerprint density at radius 1 is 1.45 bits per heavy atom. The zero-order valence-corrected chi connectivity index (χ0v) is 13.7. The molecule has 0 bridgehead atoms. The maximum atomic E-state index is 12.3. The Morgan fingerprint density at radius 3 is 2.70 bits per heavy atom. The number of ether oxygens (including phenoxy) is 1. The number of hydrogen-bond acceptors (Lipinski definition) is 4. The average molecular weight is 362 g/mol. The van der Waals surface area contributed by atoms with Gasteiger partial charge in [-0.25, -0.2) is 8.42 Å². The molecule has 1 amide bonds. The standard InChI is InChI=1S/C13H16BrNO4S/c1-13(5-6-20(17,18)8-13)15-12(16)10-4-3-9(14)7-11(10)19-2/h3-4,7H,5-6,8H2,1-2H3,(H,15,16). The first-order valence-electron chi connectivity index (χ1n) is 6.11. The molecule has 1 aromatic rings. The summed E-state index contributed by atoms with van der Waals surface area (Å²) in [5, 5.41) is 2.81. The summed E-state index contributed by atoms with van der Waals surface area (Å²) >= 11 is 3.31. The minimum atomic E-state index is -3.06. The highest BCUT2D eigenvalue weighted by Gasteiger charge is 2.39. The number of rotatable bonds is 3. The number of halogens is 1. The second-order valence-corrected chi connectivity index (χ2v) is 8.30. The topological polar surface area (TPSA) is 72.5 Å².